The van der Waals surface area contributed by atoms with E-state index in [9.17, 15) is 4.79 Å². The Kier molecular flexibility index (Phi) is 5.64. The van der Waals surface area contributed by atoms with E-state index in [1.807, 2.05) is 13.8 Å². The second-order valence-corrected chi connectivity index (χ2v) is 3.54. The van der Waals surface area contributed by atoms with Crippen molar-refractivity contribution in [1.82, 2.24) is 0 Å². The Morgan fingerprint density at radius 2 is 2.08 bits per heavy atom. The number of Topliss-reactive ketones (excluding diaryl/α,β-unsaturated/α-hetero) is 1. The molecular weight excluding hydrogens is 150 g/mol. The predicted octanol–water partition coefficient (Wildman–Crippen LogP) is 1.90. The van der Waals surface area contributed by atoms with Crippen LogP contribution in [0.2, 0.25) is 0 Å². The van der Waals surface area contributed by atoms with Gasteiger partial charge < -0.3 is 5.73 Å². The van der Waals surface area contributed by atoms with Gasteiger partial charge in [-0.05, 0) is 25.8 Å². The molecule has 1 atom stereocenters. The molecule has 1 unspecified atom stereocenters. The Hall–Kier alpha value is -0.630. The molecule has 70 valence electrons. The zero-order valence-corrected chi connectivity index (χ0v) is 8.10. The highest BCUT2D eigenvalue weighted by Crippen LogP contribution is 2.07. The second-order valence-electron chi connectivity index (χ2n) is 3.54. The second kappa shape index (κ2) is 5.95. The van der Waals surface area contributed by atoms with E-state index >= 15 is 0 Å². The van der Waals surface area contributed by atoms with E-state index in [1.165, 1.54) is 0 Å². The topological polar surface area (TPSA) is 43.1 Å². The van der Waals surface area contributed by atoms with Crippen LogP contribution >= 0.6 is 0 Å². The molecule has 0 amide bonds. The van der Waals surface area contributed by atoms with Gasteiger partial charge in [0, 0.05) is 12.8 Å². The summed E-state index contributed by atoms with van der Waals surface area (Å²) in [5.74, 6) is 0.624. The van der Waals surface area contributed by atoms with Crippen LogP contribution in [0.25, 0.3) is 0 Å². The fraction of sp³-hybridized carbons (Fsp3) is 0.700. The molecule has 0 aromatic rings. The van der Waals surface area contributed by atoms with Crippen LogP contribution in [0.15, 0.2) is 12.2 Å². The number of carbonyl (C=O) groups is 1. The lowest BCUT2D eigenvalue weighted by atomic mass is 10.0. The Morgan fingerprint density at radius 3 is 2.50 bits per heavy atom. The van der Waals surface area contributed by atoms with Crippen molar-refractivity contribution >= 4 is 5.78 Å². The molecular formula is C10H19NO. The highest BCUT2D eigenvalue weighted by molar-refractivity contribution is 5.78. The summed E-state index contributed by atoms with van der Waals surface area (Å²) in [6.45, 7) is 8.29. The smallest absolute Gasteiger partial charge is 0.133 e. The summed E-state index contributed by atoms with van der Waals surface area (Å²) >= 11 is 0. The third kappa shape index (κ3) is 6.10. The number of hydrogen-bond donors (Lipinski definition) is 1. The lowest BCUT2D eigenvalue weighted by Gasteiger charge is -2.06. The number of ketones is 1. The van der Waals surface area contributed by atoms with Crippen molar-refractivity contribution in [1.29, 1.82) is 0 Å². The molecule has 0 saturated heterocycles. The Labute approximate surface area is 74.8 Å². The molecule has 0 radical (unpaired) electrons. The van der Waals surface area contributed by atoms with Crippen LogP contribution in [0.1, 0.15) is 33.1 Å². The maximum Gasteiger partial charge on any atom is 0.133 e. The van der Waals surface area contributed by atoms with Gasteiger partial charge in [0.2, 0.25) is 0 Å². The zero-order valence-electron chi connectivity index (χ0n) is 8.10. The average Bonchev–Trinajstić information content (AvgIpc) is 2.00. The van der Waals surface area contributed by atoms with Gasteiger partial charge in [-0.3, -0.25) is 4.79 Å². The summed E-state index contributed by atoms with van der Waals surface area (Å²) in [7, 11) is 0. The van der Waals surface area contributed by atoms with Gasteiger partial charge in [0.1, 0.15) is 5.78 Å². The molecule has 2 nitrogen and oxygen atoms in total. The van der Waals surface area contributed by atoms with Crippen molar-refractivity contribution in [2.75, 3.05) is 6.54 Å². The lowest BCUT2D eigenvalue weighted by Crippen LogP contribution is -2.14. The monoisotopic (exact) mass is 169 g/mol. The Bertz CT molecular complexity index is 163. The van der Waals surface area contributed by atoms with Crippen molar-refractivity contribution in [3.8, 4) is 0 Å². The van der Waals surface area contributed by atoms with Crippen LogP contribution in [-0.2, 0) is 4.79 Å². The van der Waals surface area contributed by atoms with Gasteiger partial charge in [-0.2, -0.15) is 0 Å². The zero-order chi connectivity index (χ0) is 9.56. The largest absolute Gasteiger partial charge is 0.330 e. The van der Waals surface area contributed by atoms with E-state index in [4.69, 9.17) is 5.73 Å². The minimum absolute atomic E-state index is 0.302. The molecule has 12 heavy (non-hydrogen) atoms. The van der Waals surface area contributed by atoms with Gasteiger partial charge in [-0.15, -0.1) is 6.58 Å². The molecule has 0 aromatic heterocycles. The summed E-state index contributed by atoms with van der Waals surface area (Å²) in [6, 6.07) is 0. The SMILES string of the molecule is C=C(C)CCC(=O)CC(C)CN. The first-order valence-corrected chi connectivity index (χ1v) is 4.42. The third-order valence-electron chi connectivity index (χ3n) is 1.81. The lowest BCUT2D eigenvalue weighted by molar-refractivity contribution is -0.119. The summed E-state index contributed by atoms with van der Waals surface area (Å²) in [5, 5.41) is 0. The summed E-state index contributed by atoms with van der Waals surface area (Å²) in [5.41, 5.74) is 6.48. The van der Waals surface area contributed by atoms with Crippen LogP contribution in [0, 0.1) is 5.92 Å². The molecule has 0 heterocycles. The van der Waals surface area contributed by atoms with Crippen LogP contribution < -0.4 is 5.73 Å². The van der Waals surface area contributed by atoms with Gasteiger partial charge >= 0.3 is 0 Å². The fourth-order valence-corrected chi connectivity index (χ4v) is 0.927. The predicted molar refractivity (Wildman–Crippen MR) is 51.9 cm³/mol. The first-order valence-electron chi connectivity index (χ1n) is 4.42. The molecule has 0 aromatic carbocycles. The van der Waals surface area contributed by atoms with Crippen molar-refractivity contribution in [3.05, 3.63) is 12.2 Å². The molecule has 0 saturated carbocycles. The molecule has 0 fully saturated rings. The third-order valence-corrected chi connectivity index (χ3v) is 1.81. The van der Waals surface area contributed by atoms with Crippen molar-refractivity contribution in [3.63, 3.8) is 0 Å². The molecule has 2 N–H and O–H groups in total. The maximum absolute atomic E-state index is 11.2. The van der Waals surface area contributed by atoms with E-state index in [2.05, 4.69) is 6.58 Å². The van der Waals surface area contributed by atoms with E-state index in [-0.39, 0.29) is 0 Å². The molecule has 0 bridgehead atoms. The van der Waals surface area contributed by atoms with Gasteiger partial charge in [-0.25, -0.2) is 0 Å². The molecule has 0 spiro atoms. The highest BCUT2D eigenvalue weighted by Gasteiger charge is 2.06. The Balaban J connectivity index is 3.53. The first kappa shape index (κ1) is 11.4. The van der Waals surface area contributed by atoms with E-state index in [1.54, 1.807) is 0 Å². The van der Waals surface area contributed by atoms with Gasteiger partial charge in [0.05, 0.1) is 0 Å². The minimum Gasteiger partial charge on any atom is -0.330 e. The Morgan fingerprint density at radius 1 is 1.50 bits per heavy atom. The number of nitrogens with two attached hydrogens (primary N) is 1. The van der Waals surface area contributed by atoms with Gasteiger partial charge in [-0.1, -0.05) is 12.5 Å². The quantitative estimate of drug-likeness (QED) is 0.617. The number of carbonyl (C=O) groups excluding carboxylic acids is 1. The highest BCUT2D eigenvalue weighted by atomic mass is 16.1. The number of hydrogen-bond acceptors (Lipinski definition) is 2. The van der Waals surface area contributed by atoms with Crippen LogP contribution in [0.3, 0.4) is 0 Å². The first-order chi connectivity index (χ1) is 5.56. The fourth-order valence-electron chi connectivity index (χ4n) is 0.927. The van der Waals surface area contributed by atoms with Gasteiger partial charge in [0.25, 0.3) is 0 Å². The standard InChI is InChI=1S/C10H19NO/c1-8(2)4-5-10(12)6-9(3)7-11/h9H,1,4-7,11H2,2-3H3. The van der Waals surface area contributed by atoms with Crippen molar-refractivity contribution < 1.29 is 4.79 Å². The van der Waals surface area contributed by atoms with Crippen LogP contribution in [0.5, 0.6) is 0 Å². The van der Waals surface area contributed by atoms with E-state index in [0.29, 0.717) is 31.1 Å². The summed E-state index contributed by atoms with van der Waals surface area (Å²) in [4.78, 5) is 11.2. The van der Waals surface area contributed by atoms with Crippen LogP contribution in [0.4, 0.5) is 0 Å². The molecule has 0 rings (SSSR count). The molecule has 0 aliphatic carbocycles. The molecule has 2 heteroatoms. The molecule has 0 aliphatic heterocycles. The van der Waals surface area contributed by atoms with Gasteiger partial charge in [0.15, 0.2) is 0 Å². The van der Waals surface area contributed by atoms with E-state index < -0.39 is 0 Å². The summed E-state index contributed by atoms with van der Waals surface area (Å²) in [6.07, 6.45) is 2.06. The van der Waals surface area contributed by atoms with Crippen LogP contribution in [-0.4, -0.2) is 12.3 Å². The normalized spacial score (nSPS) is 12.6. The van der Waals surface area contributed by atoms with Crippen molar-refractivity contribution in [2.45, 2.75) is 33.1 Å². The number of allylic oxidation sites excluding steroid dienone is 1. The number of rotatable bonds is 6. The maximum atomic E-state index is 11.2. The van der Waals surface area contributed by atoms with E-state index in [0.717, 1.165) is 12.0 Å². The average molecular weight is 169 g/mol. The summed E-state index contributed by atoms with van der Waals surface area (Å²) < 4.78 is 0. The molecule has 0 aliphatic rings. The van der Waals surface area contributed by atoms with Crippen molar-refractivity contribution in [2.24, 2.45) is 11.7 Å². The minimum atomic E-state index is 0.302.